The summed E-state index contributed by atoms with van der Waals surface area (Å²) >= 11 is 12.3. The third-order valence-electron chi connectivity index (χ3n) is 2.47. The second-order valence-corrected chi connectivity index (χ2v) is 4.39. The van der Waals surface area contributed by atoms with Gasteiger partial charge >= 0.3 is 51.4 Å². The summed E-state index contributed by atoms with van der Waals surface area (Å²) in [5.74, 6) is 0. The molecule has 0 bridgehead atoms. The Labute approximate surface area is 159 Å². The van der Waals surface area contributed by atoms with Gasteiger partial charge in [-0.2, -0.15) is 5.10 Å². The van der Waals surface area contributed by atoms with Crippen LogP contribution in [-0.4, -0.2) is 10.2 Å². The van der Waals surface area contributed by atoms with Crippen molar-refractivity contribution in [1.82, 2.24) is 10.2 Å². The zero-order valence-electron chi connectivity index (χ0n) is 11.1. The first-order valence-corrected chi connectivity index (χ1v) is 5.91. The molecule has 0 atom stereocenters. The van der Waals surface area contributed by atoms with E-state index in [1.807, 2.05) is 6.92 Å². The maximum atomic E-state index is 10.9. The van der Waals surface area contributed by atoms with Crippen LogP contribution in [0.4, 0.5) is 0 Å². The Morgan fingerprint density at radius 3 is 2.33 bits per heavy atom. The zero-order valence-corrected chi connectivity index (χ0v) is 14.8. The van der Waals surface area contributed by atoms with Crippen molar-refractivity contribution in [3.8, 4) is 11.3 Å². The average molecular weight is 309 g/mol. The number of rotatable bonds is 2. The monoisotopic (exact) mass is 308 g/mol. The minimum Gasteiger partial charge on any atom is -1.00 e. The van der Waals surface area contributed by atoms with Gasteiger partial charge in [-0.05, 0) is 30.2 Å². The van der Waals surface area contributed by atoms with Crippen LogP contribution >= 0.6 is 23.2 Å². The van der Waals surface area contributed by atoms with Crippen LogP contribution in [0, 0.1) is 0 Å². The topological polar surface area (TPSA) is 45.8 Å². The van der Waals surface area contributed by atoms with Gasteiger partial charge in [-0.3, -0.25) is 4.79 Å². The third-order valence-corrected chi connectivity index (χ3v) is 3.14. The molecule has 6 heteroatoms. The minimum atomic E-state index is -0.240. The van der Waals surface area contributed by atoms with Crippen molar-refractivity contribution in [2.45, 2.75) is 13.3 Å². The number of hydrogen-bond acceptors (Lipinski definition) is 2. The molecular weight excluding hydrogens is 298 g/mol. The van der Waals surface area contributed by atoms with Gasteiger partial charge in [0.05, 0.1) is 5.69 Å². The molecule has 0 unspecified atom stereocenters. The summed E-state index contributed by atoms with van der Waals surface area (Å²) in [4.78, 5) is 10.9. The van der Waals surface area contributed by atoms with E-state index in [0.29, 0.717) is 15.7 Å². The molecule has 0 aliphatic rings. The summed E-state index contributed by atoms with van der Waals surface area (Å²) in [6, 6.07) is 6.64. The average Bonchev–Trinajstić information content (AvgIpc) is 2.29. The molecule has 0 fully saturated rings. The Morgan fingerprint density at radius 2 is 1.89 bits per heavy atom. The zero-order chi connectivity index (χ0) is 12.4. The van der Waals surface area contributed by atoms with Crippen molar-refractivity contribution in [3.05, 3.63) is 50.2 Å². The molecule has 0 spiro atoms. The smallest absolute Gasteiger partial charge is 1.00 e. The predicted octanol–water partition coefficient (Wildman–Crippen LogP) is 0.423. The van der Waals surface area contributed by atoms with E-state index in [9.17, 15) is 4.79 Å². The van der Waals surface area contributed by atoms with Gasteiger partial charge in [-0.15, -0.1) is 0 Å². The minimum absolute atomic E-state index is 0. The van der Waals surface area contributed by atoms with E-state index in [-0.39, 0.29) is 58.4 Å². The Kier molecular flexibility index (Phi) is 6.54. The fraction of sp³-hybridized carbons (Fsp3) is 0.167. The molecular formula is C12H11Cl2KN2O. The number of aromatic nitrogens is 2. The SMILES string of the molecule is CCc1c(Cl)cc(-c2ccc(=O)[nH]n2)cc1Cl.[H-].[K+]. The van der Waals surface area contributed by atoms with E-state index in [1.54, 1.807) is 18.2 Å². The second-order valence-electron chi connectivity index (χ2n) is 3.58. The summed E-state index contributed by atoms with van der Waals surface area (Å²) in [5, 5.41) is 7.53. The summed E-state index contributed by atoms with van der Waals surface area (Å²) in [6.45, 7) is 1.99. The van der Waals surface area contributed by atoms with E-state index in [0.717, 1.165) is 17.5 Å². The molecule has 2 rings (SSSR count). The van der Waals surface area contributed by atoms with Crippen LogP contribution in [0.3, 0.4) is 0 Å². The van der Waals surface area contributed by atoms with Crippen LogP contribution in [0.25, 0.3) is 11.3 Å². The predicted molar refractivity (Wildman–Crippen MR) is 70.8 cm³/mol. The van der Waals surface area contributed by atoms with Crippen molar-refractivity contribution < 1.29 is 52.8 Å². The quantitative estimate of drug-likeness (QED) is 0.818. The van der Waals surface area contributed by atoms with Gasteiger partial charge in [-0.25, -0.2) is 5.10 Å². The van der Waals surface area contributed by atoms with Crippen molar-refractivity contribution in [1.29, 1.82) is 0 Å². The second kappa shape index (κ2) is 7.19. The molecule has 0 aliphatic carbocycles. The van der Waals surface area contributed by atoms with Crippen LogP contribution in [0.1, 0.15) is 13.9 Å². The van der Waals surface area contributed by atoms with Gasteiger partial charge in [0, 0.05) is 21.7 Å². The van der Waals surface area contributed by atoms with Gasteiger partial charge in [-0.1, -0.05) is 30.1 Å². The normalized spacial score (nSPS) is 9.94. The van der Waals surface area contributed by atoms with E-state index in [4.69, 9.17) is 23.2 Å². The van der Waals surface area contributed by atoms with Crippen LogP contribution in [-0.2, 0) is 6.42 Å². The fourth-order valence-electron chi connectivity index (χ4n) is 1.59. The fourth-order valence-corrected chi connectivity index (χ4v) is 2.35. The third kappa shape index (κ3) is 3.67. The van der Waals surface area contributed by atoms with Gasteiger partial charge in [0.2, 0.25) is 0 Å². The number of halogens is 2. The number of H-pyrrole nitrogens is 1. The van der Waals surface area contributed by atoms with Crippen molar-refractivity contribution in [2.75, 3.05) is 0 Å². The van der Waals surface area contributed by atoms with Crippen LogP contribution in [0.15, 0.2) is 29.1 Å². The number of aromatic amines is 1. The first-order chi connectivity index (χ1) is 8.11. The number of benzene rings is 1. The van der Waals surface area contributed by atoms with Crippen LogP contribution in [0.5, 0.6) is 0 Å². The first kappa shape index (κ1) is 16.4. The molecule has 0 saturated carbocycles. The molecule has 3 nitrogen and oxygen atoms in total. The molecule has 90 valence electrons. The summed E-state index contributed by atoms with van der Waals surface area (Å²) in [7, 11) is 0. The van der Waals surface area contributed by atoms with Gasteiger partial charge in [0.1, 0.15) is 0 Å². The molecule has 1 aromatic carbocycles. The van der Waals surface area contributed by atoms with E-state index < -0.39 is 0 Å². The van der Waals surface area contributed by atoms with Crippen LogP contribution in [0.2, 0.25) is 10.0 Å². The van der Waals surface area contributed by atoms with Crippen LogP contribution < -0.4 is 56.9 Å². The van der Waals surface area contributed by atoms with E-state index >= 15 is 0 Å². The Hall–Kier alpha value is 0.316. The molecule has 1 heterocycles. The number of nitrogens with one attached hydrogen (secondary N) is 1. The molecule has 2 aromatic rings. The molecule has 1 aromatic heterocycles. The summed E-state index contributed by atoms with van der Waals surface area (Å²) in [6.07, 6.45) is 0.775. The molecule has 1 N–H and O–H groups in total. The number of nitrogens with zero attached hydrogens (tertiary/aromatic N) is 1. The van der Waals surface area contributed by atoms with Gasteiger partial charge in [0.25, 0.3) is 5.56 Å². The molecule has 0 amide bonds. The number of hydrogen-bond donors (Lipinski definition) is 1. The van der Waals surface area contributed by atoms with Gasteiger partial charge < -0.3 is 1.43 Å². The molecule has 0 radical (unpaired) electrons. The molecule has 18 heavy (non-hydrogen) atoms. The molecule has 0 aliphatic heterocycles. The molecule has 0 saturated heterocycles. The maximum Gasteiger partial charge on any atom is 1.00 e. The van der Waals surface area contributed by atoms with Gasteiger partial charge in [0.15, 0.2) is 0 Å². The van der Waals surface area contributed by atoms with E-state index in [2.05, 4.69) is 10.2 Å². The summed E-state index contributed by atoms with van der Waals surface area (Å²) in [5.41, 5.74) is 2.10. The van der Waals surface area contributed by atoms with Crippen molar-refractivity contribution in [2.24, 2.45) is 0 Å². The standard InChI is InChI=1S/C12H10Cl2N2O.K.H/c1-2-8-9(13)5-7(6-10(8)14)11-3-4-12(17)16-15-11;;/h3-6H,2H2,1H3,(H,16,17);;/q;+1;-1. The first-order valence-electron chi connectivity index (χ1n) is 5.16. The van der Waals surface area contributed by atoms with Crippen molar-refractivity contribution in [3.63, 3.8) is 0 Å². The Morgan fingerprint density at radius 1 is 1.28 bits per heavy atom. The van der Waals surface area contributed by atoms with Crippen molar-refractivity contribution >= 4 is 23.2 Å². The Bertz CT molecular complexity index is 575. The van der Waals surface area contributed by atoms with E-state index in [1.165, 1.54) is 6.07 Å². The largest absolute Gasteiger partial charge is 1.00 e. The summed E-state index contributed by atoms with van der Waals surface area (Å²) < 4.78 is 0. The Balaban J connectivity index is 0.00000162. The maximum absolute atomic E-state index is 10.9.